The Morgan fingerprint density at radius 1 is 1.09 bits per heavy atom. The first-order chi connectivity index (χ1) is 16.1. The van der Waals surface area contributed by atoms with Crippen LogP contribution in [0.5, 0.6) is 0 Å². The number of hydrogen-bond donors (Lipinski definition) is 1. The normalized spacial score (nSPS) is 14.6. The average molecular weight is 449 g/mol. The molecule has 8 nitrogen and oxygen atoms in total. The highest BCUT2D eigenvalue weighted by atomic mass is 19.1. The number of nitrogens with one attached hydrogen (secondary N) is 1. The van der Waals surface area contributed by atoms with Crippen molar-refractivity contribution in [2.75, 3.05) is 0 Å². The predicted molar refractivity (Wildman–Crippen MR) is 121 cm³/mol. The molecule has 5 rings (SSSR count). The van der Waals surface area contributed by atoms with Gasteiger partial charge in [-0.25, -0.2) is 18.9 Å². The number of imidazole rings is 1. The van der Waals surface area contributed by atoms with Gasteiger partial charge < -0.3 is 9.88 Å². The average Bonchev–Trinajstić information content (AvgIpc) is 3.24. The molecule has 0 bridgehead atoms. The van der Waals surface area contributed by atoms with Crippen LogP contribution < -0.4 is 11.0 Å². The third-order valence-corrected chi connectivity index (χ3v) is 6.09. The Hall–Kier alpha value is -3.75. The smallest absolute Gasteiger partial charge is 0.346 e. The predicted octanol–water partition coefficient (Wildman–Crippen LogP) is 2.82. The number of carbonyl (C=O) groups excluding carboxylic acids is 1. The van der Waals surface area contributed by atoms with E-state index in [1.807, 2.05) is 28.8 Å². The molecule has 3 heterocycles. The Labute approximate surface area is 189 Å². The molecule has 1 aliphatic rings. The van der Waals surface area contributed by atoms with Gasteiger partial charge in [0.15, 0.2) is 0 Å². The van der Waals surface area contributed by atoms with Crippen LogP contribution in [0.15, 0.2) is 59.7 Å². The number of nitrogens with zero attached hydrogens (tertiary/aromatic N) is 5. The molecule has 1 atom stereocenters. The summed E-state index contributed by atoms with van der Waals surface area (Å²) in [6.45, 7) is 0.884. The van der Waals surface area contributed by atoms with Crippen LogP contribution in [0.1, 0.15) is 36.7 Å². The van der Waals surface area contributed by atoms with Crippen molar-refractivity contribution in [3.8, 4) is 0 Å². The molecule has 9 heteroatoms. The SMILES string of the molecule is O=C(Cn1nc2n(c1=O)CCCCC2)NC(Cn1cnc2ccccc21)c1ccc(F)cc1. The van der Waals surface area contributed by atoms with Gasteiger partial charge in [-0.15, -0.1) is 0 Å². The topological polar surface area (TPSA) is 86.7 Å². The number of para-hydroxylation sites is 2. The van der Waals surface area contributed by atoms with Crippen molar-refractivity contribution in [3.63, 3.8) is 0 Å². The second kappa shape index (κ2) is 9.01. The molecule has 0 fully saturated rings. The van der Waals surface area contributed by atoms with E-state index >= 15 is 0 Å². The fraction of sp³-hybridized carbons (Fsp3) is 0.333. The Bertz CT molecular complexity index is 1340. The minimum absolute atomic E-state index is 0.165. The quantitative estimate of drug-likeness (QED) is 0.492. The maximum Gasteiger partial charge on any atom is 0.346 e. The van der Waals surface area contributed by atoms with Gasteiger partial charge in [-0.05, 0) is 42.7 Å². The molecule has 4 aromatic rings. The van der Waals surface area contributed by atoms with Gasteiger partial charge >= 0.3 is 5.69 Å². The van der Waals surface area contributed by atoms with Crippen LogP contribution in [-0.4, -0.2) is 29.8 Å². The van der Waals surface area contributed by atoms with Crippen LogP contribution in [0.4, 0.5) is 4.39 Å². The molecule has 0 saturated carbocycles. The minimum atomic E-state index is -0.438. The van der Waals surface area contributed by atoms with Crippen LogP contribution in [0, 0.1) is 5.82 Å². The summed E-state index contributed by atoms with van der Waals surface area (Å²) in [4.78, 5) is 30.1. The zero-order valence-corrected chi connectivity index (χ0v) is 18.2. The highest BCUT2D eigenvalue weighted by Crippen LogP contribution is 2.20. The third-order valence-electron chi connectivity index (χ3n) is 6.09. The van der Waals surface area contributed by atoms with E-state index in [4.69, 9.17) is 0 Å². The summed E-state index contributed by atoms with van der Waals surface area (Å²) in [5.41, 5.74) is 2.30. The molecule has 2 aromatic carbocycles. The zero-order valence-electron chi connectivity index (χ0n) is 18.2. The molecule has 1 unspecified atom stereocenters. The third kappa shape index (κ3) is 4.44. The maximum absolute atomic E-state index is 13.5. The summed E-state index contributed by atoms with van der Waals surface area (Å²) in [6, 6.07) is 13.4. The lowest BCUT2D eigenvalue weighted by molar-refractivity contribution is -0.122. The van der Waals surface area contributed by atoms with Gasteiger partial charge in [0.05, 0.1) is 23.4 Å². The van der Waals surface area contributed by atoms with E-state index in [2.05, 4.69) is 15.4 Å². The second-order valence-corrected chi connectivity index (χ2v) is 8.38. The summed E-state index contributed by atoms with van der Waals surface area (Å²) in [5.74, 6) is 0.0670. The fourth-order valence-electron chi connectivity index (χ4n) is 4.39. The number of carbonyl (C=O) groups is 1. The number of halogens is 1. The molecule has 170 valence electrons. The molecular formula is C24H25FN6O2. The summed E-state index contributed by atoms with van der Waals surface area (Å²) in [5, 5.41) is 7.41. The van der Waals surface area contributed by atoms with E-state index < -0.39 is 6.04 Å². The lowest BCUT2D eigenvalue weighted by Gasteiger charge is -2.20. The first kappa shape index (κ1) is 21.1. The Morgan fingerprint density at radius 3 is 2.76 bits per heavy atom. The first-order valence-electron chi connectivity index (χ1n) is 11.2. The van der Waals surface area contributed by atoms with Gasteiger partial charge in [-0.1, -0.05) is 30.7 Å². The number of benzene rings is 2. The Morgan fingerprint density at radius 2 is 1.91 bits per heavy atom. The van der Waals surface area contributed by atoms with E-state index in [9.17, 15) is 14.0 Å². The van der Waals surface area contributed by atoms with Crippen molar-refractivity contribution in [1.82, 2.24) is 29.2 Å². The van der Waals surface area contributed by atoms with E-state index in [1.165, 1.54) is 16.8 Å². The number of aromatic nitrogens is 5. The van der Waals surface area contributed by atoms with Crippen molar-refractivity contribution >= 4 is 16.9 Å². The summed E-state index contributed by atoms with van der Waals surface area (Å²) in [7, 11) is 0. The van der Waals surface area contributed by atoms with E-state index in [1.54, 1.807) is 23.0 Å². The lowest BCUT2D eigenvalue weighted by Crippen LogP contribution is -2.37. The standard InChI is InChI=1S/C24H25FN6O2/c25-18-11-9-17(10-12-18)20(14-29-16-26-19-6-3-4-7-21(19)29)27-23(32)15-31-24(33)30-13-5-1-2-8-22(30)28-31/h3-4,6-7,9-12,16,20H,1-2,5,8,13-15H2,(H,27,32). The molecule has 2 aromatic heterocycles. The number of fused-ring (bicyclic) bond motifs is 2. The largest absolute Gasteiger partial charge is 0.346 e. The molecule has 1 aliphatic heterocycles. The van der Waals surface area contributed by atoms with E-state index in [0.717, 1.165) is 48.1 Å². The van der Waals surface area contributed by atoms with Gasteiger partial charge in [0.25, 0.3) is 0 Å². The number of hydrogen-bond acceptors (Lipinski definition) is 4. The number of rotatable bonds is 6. The van der Waals surface area contributed by atoms with Crippen molar-refractivity contribution < 1.29 is 9.18 Å². The van der Waals surface area contributed by atoms with Crippen LogP contribution in [0.25, 0.3) is 11.0 Å². The van der Waals surface area contributed by atoms with Crippen LogP contribution >= 0.6 is 0 Å². The maximum atomic E-state index is 13.5. The highest BCUT2D eigenvalue weighted by Gasteiger charge is 2.20. The van der Waals surface area contributed by atoms with Gasteiger partial charge in [-0.3, -0.25) is 9.36 Å². The first-order valence-corrected chi connectivity index (χ1v) is 11.2. The van der Waals surface area contributed by atoms with Crippen molar-refractivity contribution in [3.05, 3.63) is 82.5 Å². The molecule has 1 amide bonds. The number of aryl methyl sites for hydroxylation is 1. The summed E-state index contributed by atoms with van der Waals surface area (Å²) in [6.07, 6.45) is 5.48. The van der Waals surface area contributed by atoms with Crippen molar-refractivity contribution in [1.29, 1.82) is 0 Å². The minimum Gasteiger partial charge on any atom is -0.346 e. The zero-order chi connectivity index (χ0) is 22.8. The molecule has 0 saturated heterocycles. The monoisotopic (exact) mass is 448 g/mol. The number of amides is 1. The van der Waals surface area contributed by atoms with Gasteiger partial charge in [0.1, 0.15) is 18.2 Å². The van der Waals surface area contributed by atoms with Crippen LogP contribution in [-0.2, 0) is 30.8 Å². The molecule has 1 N–H and O–H groups in total. The highest BCUT2D eigenvalue weighted by molar-refractivity contribution is 5.76. The van der Waals surface area contributed by atoms with Crippen LogP contribution in [0.3, 0.4) is 0 Å². The molecule has 33 heavy (non-hydrogen) atoms. The van der Waals surface area contributed by atoms with Crippen molar-refractivity contribution in [2.45, 2.75) is 51.4 Å². The fourth-order valence-corrected chi connectivity index (χ4v) is 4.39. The summed E-state index contributed by atoms with van der Waals surface area (Å²) < 4.78 is 18.4. The molecule has 0 spiro atoms. The van der Waals surface area contributed by atoms with E-state index in [0.29, 0.717) is 13.1 Å². The summed E-state index contributed by atoms with van der Waals surface area (Å²) >= 11 is 0. The van der Waals surface area contributed by atoms with Crippen LogP contribution in [0.2, 0.25) is 0 Å². The van der Waals surface area contributed by atoms with Gasteiger partial charge in [0.2, 0.25) is 5.91 Å². The second-order valence-electron chi connectivity index (χ2n) is 8.38. The Kier molecular flexibility index (Phi) is 5.77. The van der Waals surface area contributed by atoms with Gasteiger partial charge in [0, 0.05) is 19.5 Å². The van der Waals surface area contributed by atoms with Crippen molar-refractivity contribution in [2.24, 2.45) is 0 Å². The van der Waals surface area contributed by atoms with E-state index in [-0.39, 0.29) is 24.0 Å². The molecular weight excluding hydrogens is 423 g/mol. The molecule has 0 radical (unpaired) electrons. The van der Waals surface area contributed by atoms with Gasteiger partial charge in [-0.2, -0.15) is 5.10 Å². The molecule has 0 aliphatic carbocycles. The lowest BCUT2D eigenvalue weighted by atomic mass is 10.1. The Balaban J connectivity index is 1.38.